The van der Waals surface area contributed by atoms with Crippen LogP contribution in [0.2, 0.25) is 10.0 Å². The molecule has 1 saturated heterocycles. The highest BCUT2D eigenvalue weighted by molar-refractivity contribution is 6.43. The molecule has 0 radical (unpaired) electrons. The van der Waals surface area contributed by atoms with E-state index in [2.05, 4.69) is 20.3 Å². The van der Waals surface area contributed by atoms with Crippen LogP contribution in [0, 0.1) is 5.92 Å². The first-order valence-corrected chi connectivity index (χ1v) is 13.9. The fourth-order valence-electron chi connectivity index (χ4n) is 5.35. The molecule has 1 atom stereocenters. The molecule has 2 fully saturated rings. The van der Waals surface area contributed by atoms with Gasteiger partial charge in [0, 0.05) is 44.9 Å². The van der Waals surface area contributed by atoms with Gasteiger partial charge in [-0.05, 0) is 31.2 Å². The molecule has 1 aromatic heterocycles. The van der Waals surface area contributed by atoms with Gasteiger partial charge in [0.25, 0.3) is 0 Å². The Bertz CT molecular complexity index is 1170. The van der Waals surface area contributed by atoms with Crippen molar-refractivity contribution < 1.29 is 9.59 Å². The smallest absolute Gasteiger partial charge is 0.245 e. The number of guanidine groups is 1. The highest BCUT2D eigenvalue weighted by Crippen LogP contribution is 2.34. The number of hydrogen-bond acceptors (Lipinski definition) is 5. The van der Waals surface area contributed by atoms with Crippen LogP contribution in [0.3, 0.4) is 0 Å². The maximum Gasteiger partial charge on any atom is 0.245 e. The van der Waals surface area contributed by atoms with Crippen LogP contribution in [-0.4, -0.2) is 71.2 Å². The van der Waals surface area contributed by atoms with Crippen LogP contribution in [-0.2, 0) is 16.6 Å². The maximum atomic E-state index is 13.0. The van der Waals surface area contributed by atoms with Gasteiger partial charge in [-0.25, -0.2) is 4.99 Å². The lowest BCUT2D eigenvalue weighted by molar-refractivity contribution is -0.133. The van der Waals surface area contributed by atoms with Crippen molar-refractivity contribution in [1.82, 2.24) is 20.0 Å². The van der Waals surface area contributed by atoms with Gasteiger partial charge in [-0.1, -0.05) is 54.6 Å². The molecule has 1 aromatic carbocycles. The molecule has 4 rings (SSSR count). The zero-order valence-corrected chi connectivity index (χ0v) is 23.2. The predicted molar refractivity (Wildman–Crippen MR) is 151 cm³/mol. The molecule has 10 nitrogen and oxygen atoms in total. The molecule has 0 unspecified atom stereocenters. The molecule has 1 saturated carbocycles. The molecule has 1 aliphatic carbocycles. The number of aliphatic imine (C=N–C) groups is 1. The standard InChI is InChI=1S/C26H36Cl2N8O2/c1-34-21(15-20(33-34)18-9-5-10-19(27)23(18)28)35-11-6-12-36(14-13-35)22(37)16-31-25(38)24(32-26(29)30)17-7-3-2-4-8-17/h5,9-10,15,17,24H,2-4,6-8,11-14,16H2,1H3,(H,31,38)(H4,29,30,32)/t24-/m1/s1. The minimum atomic E-state index is -0.653. The van der Waals surface area contributed by atoms with E-state index in [4.69, 9.17) is 34.7 Å². The number of hydrogen-bond donors (Lipinski definition) is 3. The Morgan fingerprint density at radius 1 is 1.11 bits per heavy atom. The Balaban J connectivity index is 1.35. The van der Waals surface area contributed by atoms with Gasteiger partial charge in [-0.15, -0.1) is 0 Å². The first kappa shape index (κ1) is 28.0. The molecule has 2 aromatic rings. The summed E-state index contributed by atoms with van der Waals surface area (Å²) in [6.07, 6.45) is 5.88. The Morgan fingerprint density at radius 2 is 1.87 bits per heavy atom. The highest BCUT2D eigenvalue weighted by Gasteiger charge is 2.30. The quantitative estimate of drug-likeness (QED) is 0.350. The summed E-state index contributed by atoms with van der Waals surface area (Å²) in [5.74, 6) is 0.510. The monoisotopic (exact) mass is 562 g/mol. The van der Waals surface area contributed by atoms with E-state index in [0.29, 0.717) is 29.7 Å². The van der Waals surface area contributed by atoms with Gasteiger partial charge >= 0.3 is 0 Å². The van der Waals surface area contributed by atoms with E-state index >= 15 is 0 Å². The number of halogens is 2. The first-order chi connectivity index (χ1) is 18.2. The second-order valence-corrected chi connectivity index (χ2v) is 10.7. The van der Waals surface area contributed by atoms with Gasteiger partial charge in [0.1, 0.15) is 11.9 Å². The number of anilines is 1. The van der Waals surface area contributed by atoms with E-state index < -0.39 is 6.04 Å². The third-order valence-corrected chi connectivity index (χ3v) is 8.14. The Labute approximate surface area is 233 Å². The van der Waals surface area contributed by atoms with Crippen LogP contribution < -0.4 is 21.7 Å². The Morgan fingerprint density at radius 3 is 2.61 bits per heavy atom. The normalized spacial score (nSPS) is 17.6. The minimum absolute atomic E-state index is 0.0782. The predicted octanol–water partition coefficient (Wildman–Crippen LogP) is 2.77. The minimum Gasteiger partial charge on any atom is -0.370 e. The number of nitrogens with one attached hydrogen (secondary N) is 1. The summed E-state index contributed by atoms with van der Waals surface area (Å²) in [4.78, 5) is 34.1. The van der Waals surface area contributed by atoms with Gasteiger partial charge in [0.05, 0.1) is 22.3 Å². The van der Waals surface area contributed by atoms with Gasteiger partial charge in [0.15, 0.2) is 5.96 Å². The van der Waals surface area contributed by atoms with Crippen molar-refractivity contribution in [1.29, 1.82) is 0 Å². The number of carbonyl (C=O) groups excluding carboxylic acids is 2. The summed E-state index contributed by atoms with van der Waals surface area (Å²) in [7, 11) is 1.89. The largest absolute Gasteiger partial charge is 0.370 e. The fourth-order valence-corrected chi connectivity index (χ4v) is 5.75. The summed E-state index contributed by atoms with van der Waals surface area (Å²) in [6, 6.07) is 6.82. The SMILES string of the molecule is Cn1nc(-c2cccc(Cl)c2Cl)cc1N1CCCN(C(=O)CNC(=O)[C@H](N=C(N)N)C2CCCCC2)CC1. The van der Waals surface area contributed by atoms with Crippen LogP contribution in [0.25, 0.3) is 11.3 Å². The van der Waals surface area contributed by atoms with E-state index in [9.17, 15) is 9.59 Å². The second-order valence-electron chi connectivity index (χ2n) is 9.95. The average Bonchev–Trinajstić information content (AvgIpc) is 3.12. The van der Waals surface area contributed by atoms with Crippen molar-refractivity contribution in [3.8, 4) is 11.3 Å². The molecule has 0 bridgehead atoms. The van der Waals surface area contributed by atoms with E-state index in [1.807, 2.05) is 29.9 Å². The van der Waals surface area contributed by atoms with Crippen molar-refractivity contribution in [3.05, 3.63) is 34.3 Å². The van der Waals surface area contributed by atoms with E-state index in [-0.39, 0.29) is 30.2 Å². The molecule has 12 heteroatoms. The second kappa shape index (κ2) is 12.7. The number of nitrogens with zero attached hydrogens (tertiary/aromatic N) is 5. The molecule has 38 heavy (non-hydrogen) atoms. The zero-order chi connectivity index (χ0) is 27.2. The third-order valence-electron chi connectivity index (χ3n) is 7.32. The van der Waals surface area contributed by atoms with Crippen molar-refractivity contribution in [2.75, 3.05) is 37.6 Å². The molecule has 2 aliphatic rings. The fraction of sp³-hybridized carbons (Fsp3) is 0.538. The molecule has 0 spiro atoms. The van der Waals surface area contributed by atoms with Crippen molar-refractivity contribution in [2.45, 2.75) is 44.6 Å². The van der Waals surface area contributed by atoms with Crippen molar-refractivity contribution >= 4 is 46.8 Å². The van der Waals surface area contributed by atoms with Crippen LogP contribution in [0.1, 0.15) is 38.5 Å². The summed E-state index contributed by atoms with van der Waals surface area (Å²) in [5.41, 5.74) is 12.7. The highest BCUT2D eigenvalue weighted by atomic mass is 35.5. The summed E-state index contributed by atoms with van der Waals surface area (Å²) < 4.78 is 1.82. The Kier molecular flexibility index (Phi) is 9.38. The molecular formula is C26H36Cl2N8O2. The number of rotatable bonds is 7. The molecule has 2 amide bonds. The lowest BCUT2D eigenvalue weighted by Crippen LogP contribution is -2.46. The maximum absolute atomic E-state index is 13.0. The lowest BCUT2D eigenvalue weighted by Gasteiger charge is -2.27. The van der Waals surface area contributed by atoms with Crippen molar-refractivity contribution in [2.24, 2.45) is 29.4 Å². The lowest BCUT2D eigenvalue weighted by atomic mass is 9.83. The first-order valence-electron chi connectivity index (χ1n) is 13.1. The van der Waals surface area contributed by atoms with Crippen LogP contribution in [0.5, 0.6) is 0 Å². The summed E-state index contributed by atoms with van der Waals surface area (Å²) in [6.45, 7) is 2.47. The van der Waals surface area contributed by atoms with Gasteiger partial charge < -0.3 is 26.6 Å². The number of benzene rings is 1. The summed E-state index contributed by atoms with van der Waals surface area (Å²) in [5, 5.41) is 8.38. The topological polar surface area (TPSA) is 135 Å². The van der Waals surface area contributed by atoms with E-state index in [0.717, 1.165) is 62.1 Å². The van der Waals surface area contributed by atoms with Crippen LogP contribution >= 0.6 is 23.2 Å². The van der Waals surface area contributed by atoms with E-state index in [1.165, 1.54) is 0 Å². The van der Waals surface area contributed by atoms with Gasteiger partial charge in [-0.3, -0.25) is 14.3 Å². The Hall–Kier alpha value is -2.98. The molecule has 2 heterocycles. The summed E-state index contributed by atoms with van der Waals surface area (Å²) >= 11 is 12.6. The number of aromatic nitrogens is 2. The van der Waals surface area contributed by atoms with Crippen molar-refractivity contribution in [3.63, 3.8) is 0 Å². The number of amides is 2. The average molecular weight is 564 g/mol. The number of carbonyl (C=O) groups is 2. The zero-order valence-electron chi connectivity index (χ0n) is 21.7. The third kappa shape index (κ3) is 6.71. The molecular weight excluding hydrogens is 527 g/mol. The van der Waals surface area contributed by atoms with Crippen LogP contribution in [0.15, 0.2) is 29.3 Å². The van der Waals surface area contributed by atoms with Gasteiger partial charge in [-0.2, -0.15) is 5.10 Å². The van der Waals surface area contributed by atoms with Crippen LogP contribution in [0.4, 0.5) is 5.82 Å². The molecule has 5 N–H and O–H groups in total. The van der Waals surface area contributed by atoms with E-state index in [1.54, 1.807) is 11.0 Å². The number of aryl methyl sites for hydroxylation is 1. The van der Waals surface area contributed by atoms with Gasteiger partial charge in [0.2, 0.25) is 11.8 Å². The molecule has 1 aliphatic heterocycles. The number of nitrogens with two attached hydrogens (primary N) is 2. The molecule has 206 valence electrons.